The zero-order valence-electron chi connectivity index (χ0n) is 9.32. The molecule has 3 nitrogen and oxygen atoms in total. The molecule has 3 heteroatoms. The van der Waals surface area contributed by atoms with E-state index in [-0.39, 0.29) is 0 Å². The van der Waals surface area contributed by atoms with Gasteiger partial charge in [-0.3, -0.25) is 9.88 Å². The lowest BCUT2D eigenvalue weighted by molar-refractivity contribution is 0.317. The molecule has 0 radical (unpaired) electrons. The molecular formula is C12H19N3. The molecule has 1 saturated heterocycles. The quantitative estimate of drug-likeness (QED) is 0.805. The van der Waals surface area contributed by atoms with Gasteiger partial charge in [0.25, 0.3) is 0 Å². The Morgan fingerprint density at radius 2 is 2.40 bits per heavy atom. The summed E-state index contributed by atoms with van der Waals surface area (Å²) in [6.07, 6.45) is 5.11. The summed E-state index contributed by atoms with van der Waals surface area (Å²) in [5, 5.41) is 0. The van der Waals surface area contributed by atoms with Crippen molar-refractivity contribution in [2.24, 2.45) is 11.7 Å². The predicted octanol–water partition coefficient (Wildman–Crippen LogP) is 1.17. The molecule has 1 atom stereocenters. The average molecular weight is 205 g/mol. The number of nitrogens with zero attached hydrogens (tertiary/aromatic N) is 2. The van der Waals surface area contributed by atoms with E-state index in [0.29, 0.717) is 5.92 Å². The Balaban J connectivity index is 1.92. The molecule has 0 saturated carbocycles. The number of aromatic nitrogens is 1. The summed E-state index contributed by atoms with van der Waals surface area (Å²) in [5.74, 6) is 0.697. The highest BCUT2D eigenvalue weighted by molar-refractivity contribution is 5.16. The van der Waals surface area contributed by atoms with E-state index in [4.69, 9.17) is 5.73 Å². The fraction of sp³-hybridized carbons (Fsp3) is 0.583. The van der Waals surface area contributed by atoms with Crippen LogP contribution >= 0.6 is 0 Å². The topological polar surface area (TPSA) is 42.2 Å². The summed E-state index contributed by atoms with van der Waals surface area (Å²) in [7, 11) is 0. The molecule has 0 spiro atoms. The molecule has 82 valence electrons. The maximum atomic E-state index is 5.67. The first-order valence-electron chi connectivity index (χ1n) is 5.61. The Bertz CT molecular complexity index is 324. The molecule has 15 heavy (non-hydrogen) atoms. The van der Waals surface area contributed by atoms with Crippen molar-refractivity contribution >= 4 is 0 Å². The number of rotatable bonds is 3. The summed E-state index contributed by atoms with van der Waals surface area (Å²) in [5.41, 5.74) is 8.23. The number of hydrogen-bond donors (Lipinski definition) is 1. The van der Waals surface area contributed by atoms with Crippen LogP contribution in [0.1, 0.15) is 17.5 Å². The Kier molecular flexibility index (Phi) is 3.34. The van der Waals surface area contributed by atoms with Gasteiger partial charge in [0.2, 0.25) is 0 Å². The van der Waals surface area contributed by atoms with Crippen LogP contribution in [0.25, 0.3) is 0 Å². The van der Waals surface area contributed by atoms with Gasteiger partial charge in [-0.1, -0.05) is 6.07 Å². The lowest BCUT2D eigenvalue weighted by Crippen LogP contribution is -2.22. The number of nitrogens with two attached hydrogens (primary N) is 1. The minimum Gasteiger partial charge on any atom is -0.330 e. The molecule has 0 aromatic carbocycles. The van der Waals surface area contributed by atoms with Crippen LogP contribution in [0.15, 0.2) is 18.5 Å². The third-order valence-corrected chi connectivity index (χ3v) is 3.04. The van der Waals surface area contributed by atoms with Gasteiger partial charge in [0.15, 0.2) is 0 Å². The second-order valence-corrected chi connectivity index (χ2v) is 4.50. The lowest BCUT2D eigenvalue weighted by Gasteiger charge is -2.15. The van der Waals surface area contributed by atoms with Crippen molar-refractivity contribution in [2.45, 2.75) is 19.9 Å². The van der Waals surface area contributed by atoms with Gasteiger partial charge in [-0.25, -0.2) is 0 Å². The van der Waals surface area contributed by atoms with Crippen LogP contribution in [-0.2, 0) is 6.54 Å². The zero-order chi connectivity index (χ0) is 10.7. The van der Waals surface area contributed by atoms with Gasteiger partial charge in [-0.2, -0.15) is 0 Å². The van der Waals surface area contributed by atoms with E-state index in [1.807, 2.05) is 12.4 Å². The maximum Gasteiger partial charge on any atom is 0.0313 e. The normalized spacial score (nSPS) is 22.1. The second kappa shape index (κ2) is 4.73. The second-order valence-electron chi connectivity index (χ2n) is 4.50. The Morgan fingerprint density at radius 3 is 3.07 bits per heavy atom. The maximum absolute atomic E-state index is 5.67. The molecule has 2 rings (SSSR count). The van der Waals surface area contributed by atoms with Gasteiger partial charge in [0, 0.05) is 25.5 Å². The minimum atomic E-state index is 0.697. The first-order valence-corrected chi connectivity index (χ1v) is 5.61. The van der Waals surface area contributed by atoms with Crippen LogP contribution in [0.4, 0.5) is 0 Å². The SMILES string of the molecule is Cc1cncc(CN2CCC(CN)C2)c1. The van der Waals surface area contributed by atoms with Crippen LogP contribution in [0.2, 0.25) is 0 Å². The van der Waals surface area contributed by atoms with Crippen molar-refractivity contribution in [2.75, 3.05) is 19.6 Å². The van der Waals surface area contributed by atoms with E-state index in [9.17, 15) is 0 Å². The van der Waals surface area contributed by atoms with E-state index in [1.54, 1.807) is 0 Å². The summed E-state index contributed by atoms with van der Waals surface area (Å²) in [6.45, 7) is 6.25. The lowest BCUT2D eigenvalue weighted by atomic mass is 10.1. The largest absolute Gasteiger partial charge is 0.330 e. The smallest absolute Gasteiger partial charge is 0.0313 e. The van der Waals surface area contributed by atoms with E-state index in [1.165, 1.54) is 24.1 Å². The molecule has 0 amide bonds. The molecule has 2 heterocycles. The fourth-order valence-corrected chi connectivity index (χ4v) is 2.21. The first kappa shape index (κ1) is 10.6. The Labute approximate surface area is 91.3 Å². The van der Waals surface area contributed by atoms with Crippen molar-refractivity contribution in [1.82, 2.24) is 9.88 Å². The van der Waals surface area contributed by atoms with Crippen molar-refractivity contribution < 1.29 is 0 Å². The summed E-state index contributed by atoms with van der Waals surface area (Å²) in [4.78, 5) is 6.68. The van der Waals surface area contributed by atoms with Crippen LogP contribution in [-0.4, -0.2) is 29.5 Å². The zero-order valence-corrected chi connectivity index (χ0v) is 9.32. The van der Waals surface area contributed by atoms with Gasteiger partial charge in [0.1, 0.15) is 0 Å². The number of hydrogen-bond acceptors (Lipinski definition) is 3. The fourth-order valence-electron chi connectivity index (χ4n) is 2.21. The molecule has 1 fully saturated rings. The van der Waals surface area contributed by atoms with Crippen molar-refractivity contribution in [3.63, 3.8) is 0 Å². The van der Waals surface area contributed by atoms with E-state index in [0.717, 1.165) is 19.6 Å². The van der Waals surface area contributed by atoms with Gasteiger partial charge in [-0.05, 0) is 43.5 Å². The molecule has 1 unspecified atom stereocenters. The van der Waals surface area contributed by atoms with Crippen molar-refractivity contribution in [1.29, 1.82) is 0 Å². The highest BCUT2D eigenvalue weighted by Crippen LogP contribution is 2.17. The van der Waals surface area contributed by atoms with Crippen LogP contribution in [0.5, 0.6) is 0 Å². The van der Waals surface area contributed by atoms with E-state index in [2.05, 4.69) is 22.9 Å². The molecule has 1 aromatic heterocycles. The molecule has 0 bridgehead atoms. The molecule has 1 aliphatic heterocycles. The van der Waals surface area contributed by atoms with Gasteiger partial charge in [0.05, 0.1) is 0 Å². The Hall–Kier alpha value is -0.930. The standard InChI is InChI=1S/C12H19N3/c1-10-4-12(7-14-6-10)9-15-3-2-11(5-13)8-15/h4,6-7,11H,2-3,5,8-9,13H2,1H3. The number of likely N-dealkylation sites (tertiary alicyclic amines) is 1. The highest BCUT2D eigenvalue weighted by Gasteiger charge is 2.20. The molecule has 1 aliphatic rings. The molecule has 1 aromatic rings. The van der Waals surface area contributed by atoms with E-state index >= 15 is 0 Å². The van der Waals surface area contributed by atoms with Gasteiger partial charge in [-0.15, -0.1) is 0 Å². The molecule has 2 N–H and O–H groups in total. The first-order chi connectivity index (χ1) is 7.28. The number of aryl methyl sites for hydroxylation is 1. The van der Waals surface area contributed by atoms with Crippen LogP contribution < -0.4 is 5.73 Å². The molecule has 0 aliphatic carbocycles. The third-order valence-electron chi connectivity index (χ3n) is 3.04. The van der Waals surface area contributed by atoms with Crippen molar-refractivity contribution in [3.05, 3.63) is 29.6 Å². The van der Waals surface area contributed by atoms with Gasteiger partial charge >= 0.3 is 0 Å². The van der Waals surface area contributed by atoms with Crippen molar-refractivity contribution in [3.8, 4) is 0 Å². The Morgan fingerprint density at radius 1 is 1.53 bits per heavy atom. The molecular weight excluding hydrogens is 186 g/mol. The third kappa shape index (κ3) is 2.76. The van der Waals surface area contributed by atoms with Gasteiger partial charge < -0.3 is 5.73 Å². The highest BCUT2D eigenvalue weighted by atomic mass is 15.1. The average Bonchev–Trinajstić information content (AvgIpc) is 2.65. The predicted molar refractivity (Wildman–Crippen MR) is 61.4 cm³/mol. The van der Waals surface area contributed by atoms with Crippen LogP contribution in [0, 0.1) is 12.8 Å². The monoisotopic (exact) mass is 205 g/mol. The van der Waals surface area contributed by atoms with E-state index < -0.39 is 0 Å². The van der Waals surface area contributed by atoms with Crippen LogP contribution in [0.3, 0.4) is 0 Å². The summed E-state index contributed by atoms with van der Waals surface area (Å²) >= 11 is 0. The number of pyridine rings is 1. The minimum absolute atomic E-state index is 0.697. The summed E-state index contributed by atoms with van der Waals surface area (Å²) in [6, 6.07) is 2.21. The summed E-state index contributed by atoms with van der Waals surface area (Å²) < 4.78 is 0.